The average Bonchev–Trinajstić information content (AvgIpc) is 2.66. The Bertz CT molecular complexity index is 957. The molecule has 8 heteroatoms. The van der Waals surface area contributed by atoms with Crippen LogP contribution in [-0.2, 0) is 19.3 Å². The summed E-state index contributed by atoms with van der Waals surface area (Å²) in [6, 6.07) is 11.0. The monoisotopic (exact) mass is 375 g/mol. The van der Waals surface area contributed by atoms with Gasteiger partial charge in [-0.2, -0.15) is 13.2 Å². The summed E-state index contributed by atoms with van der Waals surface area (Å²) < 4.78 is 37.7. The summed E-state index contributed by atoms with van der Waals surface area (Å²) >= 11 is 0. The fraction of sp³-hybridized carbons (Fsp3) is 0.158. The van der Waals surface area contributed by atoms with Crippen molar-refractivity contribution in [2.75, 3.05) is 5.32 Å². The number of benzene rings is 2. The smallest absolute Gasteiger partial charge is 0.390 e. The largest absolute Gasteiger partial charge is 0.416 e. The van der Waals surface area contributed by atoms with Crippen LogP contribution < -0.4 is 10.6 Å². The van der Waals surface area contributed by atoms with Crippen LogP contribution in [0, 0.1) is 0 Å². The lowest BCUT2D eigenvalue weighted by atomic mass is 10.1. The number of urea groups is 1. The predicted octanol–water partition coefficient (Wildman–Crippen LogP) is 4.07. The molecule has 2 aromatic carbocycles. The summed E-state index contributed by atoms with van der Waals surface area (Å²) in [6.07, 6.45) is -2.85. The summed E-state index contributed by atoms with van der Waals surface area (Å²) in [5, 5.41) is 16.1. The van der Waals surface area contributed by atoms with Gasteiger partial charge in [0.25, 0.3) is 0 Å². The highest BCUT2D eigenvalue weighted by atomic mass is 19.4. The van der Waals surface area contributed by atoms with Crippen LogP contribution in [0.5, 0.6) is 0 Å². The van der Waals surface area contributed by atoms with Crippen LogP contribution in [0.3, 0.4) is 0 Å². The van der Waals surface area contributed by atoms with E-state index in [2.05, 4.69) is 15.6 Å². The minimum atomic E-state index is -4.39. The van der Waals surface area contributed by atoms with Gasteiger partial charge in [-0.05, 0) is 29.8 Å². The first-order valence-electron chi connectivity index (χ1n) is 8.07. The molecule has 0 aliphatic heterocycles. The maximum Gasteiger partial charge on any atom is 0.416 e. The summed E-state index contributed by atoms with van der Waals surface area (Å²) in [6.45, 7) is -0.140. The summed E-state index contributed by atoms with van der Waals surface area (Å²) in [4.78, 5) is 16.2. The van der Waals surface area contributed by atoms with Crippen molar-refractivity contribution in [3.8, 4) is 0 Å². The minimum Gasteiger partial charge on any atom is -0.390 e. The molecule has 0 atom stereocenters. The molecule has 5 nitrogen and oxygen atoms in total. The third-order valence-corrected chi connectivity index (χ3v) is 4.02. The number of alkyl halides is 3. The number of halogens is 3. The standard InChI is InChI=1S/C19H16F3N3O2/c20-19(21,22)13-6-4-12(5-7-13)10-24-18(27)25-16-3-1-2-14-15(16)8-9-23-17(14)11-26/h1-9,26H,10-11H2,(H2,24,25,27). The number of amides is 2. The molecule has 0 saturated carbocycles. The number of anilines is 1. The van der Waals surface area contributed by atoms with Crippen molar-refractivity contribution in [1.82, 2.24) is 10.3 Å². The zero-order valence-corrected chi connectivity index (χ0v) is 14.0. The lowest BCUT2D eigenvalue weighted by Gasteiger charge is -2.12. The van der Waals surface area contributed by atoms with Gasteiger partial charge in [0, 0.05) is 23.5 Å². The minimum absolute atomic E-state index is 0.0815. The van der Waals surface area contributed by atoms with E-state index in [1.807, 2.05) is 0 Å². The lowest BCUT2D eigenvalue weighted by molar-refractivity contribution is -0.137. The fourth-order valence-electron chi connectivity index (χ4n) is 2.66. The number of aliphatic hydroxyl groups is 1. The number of pyridine rings is 1. The molecule has 1 heterocycles. The Morgan fingerprint density at radius 2 is 1.78 bits per heavy atom. The first-order valence-corrected chi connectivity index (χ1v) is 8.07. The molecule has 0 bridgehead atoms. The van der Waals surface area contributed by atoms with Gasteiger partial charge in [-0.1, -0.05) is 24.3 Å². The van der Waals surface area contributed by atoms with Crippen molar-refractivity contribution in [2.45, 2.75) is 19.3 Å². The van der Waals surface area contributed by atoms with Crippen molar-refractivity contribution in [3.05, 3.63) is 71.5 Å². The van der Waals surface area contributed by atoms with E-state index in [-0.39, 0.29) is 13.2 Å². The van der Waals surface area contributed by atoms with Crippen LogP contribution in [0.4, 0.5) is 23.7 Å². The number of aliphatic hydroxyl groups excluding tert-OH is 1. The average molecular weight is 375 g/mol. The first kappa shape index (κ1) is 18.7. The molecule has 0 fully saturated rings. The molecule has 27 heavy (non-hydrogen) atoms. The molecule has 3 rings (SSSR count). The number of rotatable bonds is 4. The van der Waals surface area contributed by atoms with Crippen LogP contribution in [0.1, 0.15) is 16.8 Å². The summed E-state index contributed by atoms with van der Waals surface area (Å²) in [7, 11) is 0. The van der Waals surface area contributed by atoms with Crippen molar-refractivity contribution in [3.63, 3.8) is 0 Å². The Morgan fingerprint density at radius 1 is 1.04 bits per heavy atom. The van der Waals surface area contributed by atoms with Gasteiger partial charge in [0.1, 0.15) is 0 Å². The molecule has 3 N–H and O–H groups in total. The van der Waals surface area contributed by atoms with E-state index < -0.39 is 17.8 Å². The molecule has 3 aromatic rings. The van der Waals surface area contributed by atoms with Gasteiger partial charge in [-0.15, -0.1) is 0 Å². The van der Waals surface area contributed by atoms with Crippen molar-refractivity contribution in [1.29, 1.82) is 0 Å². The number of nitrogens with one attached hydrogen (secondary N) is 2. The Morgan fingerprint density at radius 3 is 2.44 bits per heavy atom. The molecule has 0 unspecified atom stereocenters. The third-order valence-electron chi connectivity index (χ3n) is 4.02. The van der Waals surface area contributed by atoms with E-state index in [0.717, 1.165) is 22.9 Å². The van der Waals surface area contributed by atoms with E-state index in [4.69, 9.17) is 0 Å². The highest BCUT2D eigenvalue weighted by molar-refractivity contribution is 6.02. The molecule has 0 aliphatic carbocycles. The van der Waals surface area contributed by atoms with E-state index >= 15 is 0 Å². The van der Waals surface area contributed by atoms with Crippen LogP contribution in [0.25, 0.3) is 10.8 Å². The summed E-state index contributed by atoms with van der Waals surface area (Å²) in [5.41, 5.74) is 0.846. The number of aromatic nitrogens is 1. The van der Waals surface area contributed by atoms with Gasteiger partial charge >= 0.3 is 12.2 Å². The van der Waals surface area contributed by atoms with Gasteiger partial charge in [0.2, 0.25) is 0 Å². The Hall–Kier alpha value is -3.13. The van der Waals surface area contributed by atoms with Crippen LogP contribution in [0.2, 0.25) is 0 Å². The number of hydrogen-bond donors (Lipinski definition) is 3. The van der Waals surface area contributed by atoms with Gasteiger partial charge in [-0.3, -0.25) is 4.98 Å². The zero-order chi connectivity index (χ0) is 19.4. The van der Waals surface area contributed by atoms with E-state index in [1.54, 1.807) is 30.5 Å². The second-order valence-electron chi connectivity index (χ2n) is 5.82. The number of nitrogens with zero attached hydrogens (tertiary/aromatic N) is 1. The van der Waals surface area contributed by atoms with Crippen molar-refractivity contribution >= 4 is 22.5 Å². The maximum atomic E-state index is 12.6. The third kappa shape index (κ3) is 4.35. The van der Waals surface area contributed by atoms with Gasteiger partial charge in [0.15, 0.2) is 0 Å². The van der Waals surface area contributed by atoms with Crippen molar-refractivity contribution < 1.29 is 23.1 Å². The summed E-state index contributed by atoms with van der Waals surface area (Å²) in [5.74, 6) is 0. The topological polar surface area (TPSA) is 74.2 Å². The Balaban J connectivity index is 1.67. The van der Waals surface area contributed by atoms with Gasteiger partial charge in [0.05, 0.1) is 23.6 Å². The lowest BCUT2D eigenvalue weighted by Crippen LogP contribution is -2.28. The normalized spacial score (nSPS) is 11.4. The molecular formula is C19H16F3N3O2. The second-order valence-corrected chi connectivity index (χ2v) is 5.82. The number of carbonyl (C=O) groups is 1. The molecular weight excluding hydrogens is 359 g/mol. The molecule has 0 aliphatic rings. The second kappa shape index (κ2) is 7.63. The maximum absolute atomic E-state index is 12.6. The highest BCUT2D eigenvalue weighted by Gasteiger charge is 2.29. The molecule has 0 spiro atoms. The SMILES string of the molecule is O=C(NCc1ccc(C(F)(F)F)cc1)Nc1cccc2c(CO)nccc12. The molecule has 2 amide bonds. The fourth-order valence-corrected chi connectivity index (χ4v) is 2.66. The molecule has 0 radical (unpaired) electrons. The van der Waals surface area contributed by atoms with Crippen LogP contribution in [0.15, 0.2) is 54.7 Å². The highest BCUT2D eigenvalue weighted by Crippen LogP contribution is 2.29. The molecule has 0 saturated heterocycles. The van der Waals surface area contributed by atoms with Gasteiger partial charge < -0.3 is 15.7 Å². The van der Waals surface area contributed by atoms with E-state index in [0.29, 0.717) is 16.9 Å². The number of hydrogen-bond acceptors (Lipinski definition) is 3. The number of fused-ring (bicyclic) bond motifs is 1. The van der Waals surface area contributed by atoms with Crippen LogP contribution >= 0.6 is 0 Å². The molecule has 140 valence electrons. The first-order chi connectivity index (χ1) is 12.9. The zero-order valence-electron chi connectivity index (χ0n) is 14.0. The Kier molecular flexibility index (Phi) is 5.27. The van der Waals surface area contributed by atoms with Crippen molar-refractivity contribution in [2.24, 2.45) is 0 Å². The van der Waals surface area contributed by atoms with E-state index in [1.165, 1.54) is 12.1 Å². The Labute approximate surface area is 152 Å². The van der Waals surface area contributed by atoms with E-state index in [9.17, 15) is 23.1 Å². The predicted molar refractivity (Wildman–Crippen MR) is 95.0 cm³/mol. The quantitative estimate of drug-likeness (QED) is 0.644. The van der Waals surface area contributed by atoms with Gasteiger partial charge in [-0.25, -0.2) is 4.79 Å². The molecule has 1 aromatic heterocycles. The number of carbonyl (C=O) groups excluding carboxylic acids is 1. The van der Waals surface area contributed by atoms with Crippen LogP contribution in [-0.4, -0.2) is 16.1 Å².